The van der Waals surface area contributed by atoms with E-state index in [0.29, 0.717) is 6.04 Å². The molecule has 1 aromatic rings. The summed E-state index contributed by atoms with van der Waals surface area (Å²) in [5.41, 5.74) is 0. The molecule has 0 atom stereocenters. The number of piperidine rings is 1. The minimum Gasteiger partial charge on any atom is -0.367 e. The zero-order valence-electron chi connectivity index (χ0n) is 11.3. The lowest BCUT2D eigenvalue weighted by molar-refractivity contribution is 0.263. The maximum Gasteiger partial charge on any atom is 0.131 e. The third kappa shape index (κ3) is 3.92. The second-order valence-corrected chi connectivity index (χ2v) is 4.93. The molecule has 0 radical (unpaired) electrons. The van der Waals surface area contributed by atoms with Gasteiger partial charge in [-0.25, -0.2) is 9.97 Å². The Morgan fingerprint density at radius 2 is 2.17 bits per heavy atom. The molecule has 0 unspecified atom stereocenters. The van der Waals surface area contributed by atoms with Crippen molar-refractivity contribution in [2.45, 2.75) is 25.3 Å². The molecule has 0 bridgehead atoms. The second-order valence-electron chi connectivity index (χ2n) is 4.93. The van der Waals surface area contributed by atoms with E-state index in [1.807, 2.05) is 19.3 Å². The van der Waals surface area contributed by atoms with Gasteiger partial charge in [-0.2, -0.15) is 0 Å². The predicted molar refractivity (Wildman–Crippen MR) is 73.8 cm³/mol. The Bertz CT molecular complexity index is 360. The molecule has 1 aliphatic rings. The maximum atomic E-state index is 4.55. The van der Waals surface area contributed by atoms with E-state index in [1.54, 1.807) is 0 Å². The van der Waals surface area contributed by atoms with Gasteiger partial charge in [0.2, 0.25) is 0 Å². The van der Waals surface area contributed by atoms with Crippen LogP contribution in [-0.2, 0) is 6.42 Å². The summed E-state index contributed by atoms with van der Waals surface area (Å²) in [6, 6.07) is 2.51. The molecule has 1 aliphatic heterocycles. The summed E-state index contributed by atoms with van der Waals surface area (Å²) in [5, 5.41) is 6.64. The Hall–Kier alpha value is -1.20. The topological polar surface area (TPSA) is 53.1 Å². The Morgan fingerprint density at radius 3 is 2.89 bits per heavy atom. The summed E-state index contributed by atoms with van der Waals surface area (Å²) in [6.45, 7) is 3.24. The van der Waals surface area contributed by atoms with Gasteiger partial charge >= 0.3 is 0 Å². The average molecular weight is 249 g/mol. The molecule has 1 saturated heterocycles. The summed E-state index contributed by atoms with van der Waals surface area (Å²) in [5.74, 6) is 1.87. The molecule has 2 rings (SSSR count). The molecule has 5 nitrogen and oxygen atoms in total. The quantitative estimate of drug-likeness (QED) is 0.806. The highest BCUT2D eigenvalue weighted by atomic mass is 15.1. The SMILES string of the molecule is CNCCc1nccc(NC2CCN(C)CC2)n1. The molecule has 0 spiro atoms. The third-order valence-electron chi connectivity index (χ3n) is 3.37. The number of nitrogens with one attached hydrogen (secondary N) is 2. The summed E-state index contributed by atoms with van der Waals surface area (Å²) >= 11 is 0. The van der Waals surface area contributed by atoms with Gasteiger partial charge in [0.25, 0.3) is 0 Å². The number of anilines is 1. The molecule has 1 fully saturated rings. The van der Waals surface area contributed by atoms with Crippen LogP contribution in [0, 0.1) is 0 Å². The molecule has 18 heavy (non-hydrogen) atoms. The molecule has 2 heterocycles. The van der Waals surface area contributed by atoms with E-state index in [1.165, 1.54) is 12.8 Å². The number of aromatic nitrogens is 2. The van der Waals surface area contributed by atoms with Crippen molar-refractivity contribution in [1.82, 2.24) is 20.2 Å². The molecule has 2 N–H and O–H groups in total. The van der Waals surface area contributed by atoms with Crippen LogP contribution < -0.4 is 10.6 Å². The fourth-order valence-electron chi connectivity index (χ4n) is 2.20. The standard InChI is InChI=1S/C13H23N5/c1-14-7-3-12-15-8-4-13(17-12)16-11-5-9-18(2)10-6-11/h4,8,11,14H,3,5-7,9-10H2,1-2H3,(H,15,16,17). The first-order valence-electron chi connectivity index (χ1n) is 6.69. The van der Waals surface area contributed by atoms with Crippen LogP contribution in [0.15, 0.2) is 12.3 Å². The fraction of sp³-hybridized carbons (Fsp3) is 0.692. The van der Waals surface area contributed by atoms with Crippen LogP contribution in [0.25, 0.3) is 0 Å². The first-order chi connectivity index (χ1) is 8.78. The Labute approximate surface area is 109 Å². The summed E-state index contributed by atoms with van der Waals surface area (Å²) in [7, 11) is 4.12. The van der Waals surface area contributed by atoms with Gasteiger partial charge in [0.1, 0.15) is 11.6 Å². The molecular weight excluding hydrogens is 226 g/mol. The zero-order valence-corrected chi connectivity index (χ0v) is 11.3. The summed E-state index contributed by atoms with van der Waals surface area (Å²) in [6.07, 6.45) is 5.09. The van der Waals surface area contributed by atoms with Crippen LogP contribution in [-0.4, -0.2) is 54.6 Å². The van der Waals surface area contributed by atoms with E-state index in [2.05, 4.69) is 32.5 Å². The monoisotopic (exact) mass is 249 g/mol. The van der Waals surface area contributed by atoms with Crippen LogP contribution in [0.1, 0.15) is 18.7 Å². The smallest absolute Gasteiger partial charge is 0.131 e. The Morgan fingerprint density at radius 1 is 1.39 bits per heavy atom. The normalized spacial score (nSPS) is 17.9. The van der Waals surface area contributed by atoms with Gasteiger partial charge < -0.3 is 15.5 Å². The molecule has 1 aromatic heterocycles. The van der Waals surface area contributed by atoms with Crippen molar-refractivity contribution in [3.8, 4) is 0 Å². The minimum absolute atomic E-state index is 0.549. The van der Waals surface area contributed by atoms with Crippen molar-refractivity contribution in [3.05, 3.63) is 18.1 Å². The number of hydrogen-bond acceptors (Lipinski definition) is 5. The van der Waals surface area contributed by atoms with Crippen LogP contribution in [0.4, 0.5) is 5.82 Å². The average Bonchev–Trinajstić information content (AvgIpc) is 2.40. The number of hydrogen-bond donors (Lipinski definition) is 2. The van der Waals surface area contributed by atoms with E-state index >= 15 is 0 Å². The lowest BCUT2D eigenvalue weighted by Crippen LogP contribution is -2.36. The lowest BCUT2D eigenvalue weighted by atomic mass is 10.1. The van der Waals surface area contributed by atoms with Crippen LogP contribution in [0.3, 0.4) is 0 Å². The van der Waals surface area contributed by atoms with Gasteiger partial charge in [0, 0.05) is 25.2 Å². The van der Waals surface area contributed by atoms with E-state index in [9.17, 15) is 0 Å². The number of rotatable bonds is 5. The summed E-state index contributed by atoms with van der Waals surface area (Å²) < 4.78 is 0. The van der Waals surface area contributed by atoms with Gasteiger partial charge in [0.05, 0.1) is 0 Å². The first kappa shape index (κ1) is 13.2. The Balaban J connectivity index is 1.88. The molecule has 0 aliphatic carbocycles. The first-order valence-corrected chi connectivity index (χ1v) is 6.69. The molecule has 5 heteroatoms. The second kappa shape index (κ2) is 6.66. The van der Waals surface area contributed by atoms with E-state index < -0.39 is 0 Å². The van der Waals surface area contributed by atoms with Crippen LogP contribution in [0.5, 0.6) is 0 Å². The number of likely N-dealkylation sites (N-methyl/N-ethyl adjacent to an activating group) is 1. The van der Waals surface area contributed by atoms with E-state index in [0.717, 1.165) is 37.7 Å². The van der Waals surface area contributed by atoms with Crippen molar-refractivity contribution < 1.29 is 0 Å². The molecular formula is C13H23N5. The van der Waals surface area contributed by atoms with Crippen molar-refractivity contribution in [3.63, 3.8) is 0 Å². The largest absolute Gasteiger partial charge is 0.367 e. The van der Waals surface area contributed by atoms with Gasteiger partial charge in [-0.15, -0.1) is 0 Å². The number of nitrogens with zero attached hydrogens (tertiary/aromatic N) is 3. The van der Waals surface area contributed by atoms with Crippen molar-refractivity contribution >= 4 is 5.82 Å². The molecule has 0 amide bonds. The third-order valence-corrected chi connectivity index (χ3v) is 3.37. The Kier molecular flexibility index (Phi) is 4.90. The molecule has 0 saturated carbocycles. The van der Waals surface area contributed by atoms with Gasteiger partial charge in [-0.05, 0) is 46.1 Å². The highest BCUT2D eigenvalue weighted by molar-refractivity contribution is 5.34. The van der Waals surface area contributed by atoms with E-state index in [-0.39, 0.29) is 0 Å². The van der Waals surface area contributed by atoms with Gasteiger partial charge in [-0.3, -0.25) is 0 Å². The molecule has 100 valence electrons. The highest BCUT2D eigenvalue weighted by Gasteiger charge is 2.16. The van der Waals surface area contributed by atoms with Crippen LogP contribution >= 0.6 is 0 Å². The van der Waals surface area contributed by atoms with Crippen molar-refractivity contribution in [1.29, 1.82) is 0 Å². The minimum atomic E-state index is 0.549. The van der Waals surface area contributed by atoms with E-state index in [4.69, 9.17) is 0 Å². The molecule has 0 aromatic carbocycles. The zero-order chi connectivity index (χ0) is 12.8. The number of likely N-dealkylation sites (tertiary alicyclic amines) is 1. The maximum absolute atomic E-state index is 4.55. The van der Waals surface area contributed by atoms with Crippen molar-refractivity contribution in [2.75, 3.05) is 39.0 Å². The van der Waals surface area contributed by atoms with Gasteiger partial charge in [-0.1, -0.05) is 0 Å². The summed E-state index contributed by atoms with van der Waals surface area (Å²) in [4.78, 5) is 11.2. The van der Waals surface area contributed by atoms with Gasteiger partial charge in [0.15, 0.2) is 0 Å². The van der Waals surface area contributed by atoms with Crippen molar-refractivity contribution in [2.24, 2.45) is 0 Å². The fourth-order valence-corrected chi connectivity index (χ4v) is 2.20. The lowest BCUT2D eigenvalue weighted by Gasteiger charge is -2.29. The predicted octanol–water partition coefficient (Wildman–Crippen LogP) is 0.745. The highest BCUT2D eigenvalue weighted by Crippen LogP contribution is 2.13. The van der Waals surface area contributed by atoms with Crippen LogP contribution in [0.2, 0.25) is 0 Å².